The number of alkyl carbamates (subject to hydrolysis) is 1. The number of aliphatic hydroxyl groups excluding tert-OH is 3. The van der Waals surface area contributed by atoms with Crippen LogP contribution in [0.4, 0.5) is 4.79 Å². The van der Waals surface area contributed by atoms with E-state index in [-0.39, 0.29) is 69.4 Å². The Hall–Kier alpha value is -7.39. The highest BCUT2D eigenvalue weighted by molar-refractivity contribution is 6.39. The number of carbonyl (C=O) groups is 8. The molecule has 7 rings (SSSR count). The van der Waals surface area contributed by atoms with Crippen molar-refractivity contribution in [1.82, 2.24) is 31.0 Å². The Kier molecular flexibility index (Phi) is 31.7. The number of cyclic esters (lactones) is 1. The first kappa shape index (κ1) is 85.9. The van der Waals surface area contributed by atoms with E-state index in [1.165, 1.54) is 39.5 Å². The second-order valence-electron chi connectivity index (χ2n) is 32.1. The first-order valence-corrected chi connectivity index (χ1v) is 37.5. The van der Waals surface area contributed by atoms with E-state index >= 15 is 9.59 Å². The fourth-order valence-electron chi connectivity index (χ4n) is 15.2. The van der Waals surface area contributed by atoms with Crippen molar-refractivity contribution in [3.05, 3.63) is 126 Å². The minimum Gasteiger partial charge on any atom is -0.456 e. The van der Waals surface area contributed by atoms with Crippen LogP contribution in [0.5, 0.6) is 0 Å². The summed E-state index contributed by atoms with van der Waals surface area (Å²) in [6, 6.07) is 19.1. The van der Waals surface area contributed by atoms with Gasteiger partial charge in [-0.25, -0.2) is 14.6 Å². The normalized spacial score (nSPS) is 28.9. The van der Waals surface area contributed by atoms with Crippen molar-refractivity contribution in [2.45, 2.75) is 239 Å². The van der Waals surface area contributed by atoms with Gasteiger partial charge in [0.05, 0.1) is 55.5 Å². The summed E-state index contributed by atoms with van der Waals surface area (Å²) in [4.78, 5) is 121. The number of hydrogen-bond acceptors (Lipinski definition) is 20. The van der Waals surface area contributed by atoms with Crippen molar-refractivity contribution in [3.63, 3.8) is 0 Å². The van der Waals surface area contributed by atoms with E-state index in [2.05, 4.69) is 21.0 Å². The number of hydrogen-bond donors (Lipinski definition) is 7. The number of allylic oxidation sites excluding steroid dienone is 5. The standard InChI is InChI=1S/C82H118N6O18/c1-49-38-50(2)40-69(102-13)72-70(103-14)42-52(4)82(100,106-72)74(94)77(97)88-37-22-20-29-63(88)78(98)105-71(51(3)41-56-32-35-64(90)68(44-56)101-12)53(5)65(91)46-66(92)58(39-49)26-23-27-59(89)45-60(80(6,7)8)75(95)84-62(43-54-24-17-16-18-25-54)67(93)48-87(86-76(96)73(81(9,10)11)85-79(99)104-15)47-55-30-33-57(34-31-55)61-28-19-21-36-83-61/h16-19,21,23-25,27-28,30-31,33-34,36,39,41,50,52-53,56,58,60,62-65,67-73,90-91,93,100H,20,22,26,29,32,35,37-38,40,42-48H2,1-15H3,(H,84,95)(H,85,99)(H,86,96)/b27-23+,49-39+,51-41+/t50-,52+,53+,56-,58+,60+,62-,63-,64+,65-,67-,68+,69-,70-,71+,72+,73+,82+/m0/s1. The van der Waals surface area contributed by atoms with Gasteiger partial charge in [0.1, 0.15) is 30.1 Å². The first-order valence-electron chi connectivity index (χ1n) is 37.5. The van der Waals surface area contributed by atoms with Crippen LogP contribution in [0, 0.1) is 46.3 Å². The summed E-state index contributed by atoms with van der Waals surface area (Å²) in [6.07, 6.45) is 2.95. The molecule has 3 aromatic rings. The SMILES string of the molecule is COC(=O)N[C@H](C(=O)NN(Cc1ccc(-c2ccccn2)cc1)C[C@H](O)[C@H](Cc1ccccc1)NC(=O)[C@@H](CC(=O)/C=C/C[C@@H]1/C=C(\C)C[C@H](C)C[C@H](OC)[C@H]2O[C@@](O)(C(=O)C(=O)N3CCCC[C@H]3C(=O)O[C@H](/C(C)=C/[C@@H]3CC[C@@H](O)[C@H](OC)C3)[C@H](C)[C@@H](O)CC1=O)[C@H](C)C[C@@H]2OC)C(C)(C)C)C(C)(C)C. The van der Waals surface area contributed by atoms with Crippen LogP contribution in [-0.2, 0) is 74.9 Å². The molecule has 24 heteroatoms. The number of fused-ring (bicyclic) bond motifs is 3. The third-order valence-electron chi connectivity index (χ3n) is 21.5. The van der Waals surface area contributed by atoms with E-state index in [1.807, 2.05) is 120 Å². The monoisotopic (exact) mass is 1470 g/mol. The molecule has 1 saturated carbocycles. The maximum atomic E-state index is 15.1. The van der Waals surface area contributed by atoms with Gasteiger partial charge in [-0.15, -0.1) is 0 Å². The van der Waals surface area contributed by atoms with Gasteiger partial charge in [-0.05, 0) is 142 Å². The predicted molar refractivity (Wildman–Crippen MR) is 399 cm³/mol. The van der Waals surface area contributed by atoms with Gasteiger partial charge in [0.2, 0.25) is 11.7 Å². The van der Waals surface area contributed by atoms with Gasteiger partial charge in [-0.3, -0.25) is 39.2 Å². The van der Waals surface area contributed by atoms with Gasteiger partial charge in [0, 0.05) is 89.2 Å². The maximum absolute atomic E-state index is 15.1. The van der Waals surface area contributed by atoms with E-state index < -0.39 is 155 Å². The highest BCUT2D eigenvalue weighted by atomic mass is 16.7. The molecule has 2 aromatic carbocycles. The van der Waals surface area contributed by atoms with Gasteiger partial charge in [-0.1, -0.05) is 147 Å². The highest BCUT2D eigenvalue weighted by Gasteiger charge is 2.57. The lowest BCUT2D eigenvalue weighted by molar-refractivity contribution is -0.302. The van der Waals surface area contributed by atoms with E-state index in [0.717, 1.165) is 32.9 Å². The molecule has 7 N–H and O–H groups in total. The Morgan fingerprint density at radius 2 is 1.45 bits per heavy atom. The third kappa shape index (κ3) is 23.6. The minimum atomic E-state index is -2.63. The molecule has 3 fully saturated rings. The number of carbonyl (C=O) groups excluding carboxylic acids is 8. The molecule has 0 unspecified atom stereocenters. The zero-order chi connectivity index (χ0) is 78.0. The van der Waals surface area contributed by atoms with E-state index in [1.54, 1.807) is 53.8 Å². The molecule has 1 aliphatic carbocycles. The number of benzene rings is 2. The lowest BCUT2D eigenvalue weighted by Crippen LogP contribution is -2.64. The molecule has 4 aliphatic rings. The number of ketones is 3. The second-order valence-corrected chi connectivity index (χ2v) is 32.1. The number of ether oxygens (including phenoxy) is 6. The minimum absolute atomic E-state index is 0.000202. The number of hydrazine groups is 1. The van der Waals surface area contributed by atoms with Crippen molar-refractivity contribution in [2.24, 2.45) is 46.3 Å². The topological polar surface area (TPSA) is 328 Å². The molecule has 3 aliphatic heterocycles. The summed E-state index contributed by atoms with van der Waals surface area (Å²) < 4.78 is 35.3. The number of methoxy groups -OCH3 is 4. The Morgan fingerprint density at radius 3 is 2.08 bits per heavy atom. The molecular weight excluding hydrogens is 1360 g/mol. The molecule has 4 amide bonds. The van der Waals surface area contributed by atoms with Crippen LogP contribution in [0.1, 0.15) is 164 Å². The molecule has 106 heavy (non-hydrogen) atoms. The largest absolute Gasteiger partial charge is 0.456 e. The number of nitrogens with one attached hydrogen (secondary N) is 3. The Balaban J connectivity index is 1.18. The molecule has 4 heterocycles. The average molecular weight is 1480 g/mol. The van der Waals surface area contributed by atoms with Crippen LogP contribution in [0.3, 0.4) is 0 Å². The van der Waals surface area contributed by atoms with E-state index in [4.69, 9.17) is 28.4 Å². The zero-order valence-corrected chi connectivity index (χ0v) is 64.8. The second kappa shape index (κ2) is 39.1. The number of pyridine rings is 1. The Labute approximate surface area is 626 Å². The van der Waals surface area contributed by atoms with Crippen LogP contribution in [-0.4, -0.2) is 197 Å². The maximum Gasteiger partial charge on any atom is 0.407 e. The molecule has 2 bridgehead atoms. The number of nitrogens with zero attached hydrogens (tertiary/aromatic N) is 3. The van der Waals surface area contributed by atoms with Crippen LogP contribution < -0.4 is 16.1 Å². The first-order chi connectivity index (χ1) is 50.1. The summed E-state index contributed by atoms with van der Waals surface area (Å²) >= 11 is 0. The highest BCUT2D eigenvalue weighted by Crippen LogP contribution is 2.40. The number of Topliss-reactive ketones (excluding diaryl/α,β-unsaturated/α-hetero) is 2. The van der Waals surface area contributed by atoms with Crippen molar-refractivity contribution in [1.29, 1.82) is 0 Å². The van der Waals surface area contributed by atoms with E-state index in [0.29, 0.717) is 50.5 Å². The van der Waals surface area contributed by atoms with Gasteiger partial charge >= 0.3 is 12.1 Å². The molecular formula is C82H118N6O18. The molecule has 584 valence electrons. The molecule has 18 atom stereocenters. The lowest BCUT2D eigenvalue weighted by atomic mass is 9.77. The molecule has 2 saturated heterocycles. The van der Waals surface area contributed by atoms with Gasteiger partial charge < -0.3 is 64.4 Å². The molecule has 0 radical (unpaired) electrons. The summed E-state index contributed by atoms with van der Waals surface area (Å²) in [5.41, 5.74) is 5.82. The van der Waals surface area contributed by atoms with Gasteiger partial charge in [0.15, 0.2) is 5.78 Å². The number of amides is 4. The van der Waals surface area contributed by atoms with Gasteiger partial charge in [-0.2, -0.15) is 0 Å². The zero-order valence-electron chi connectivity index (χ0n) is 64.8. The molecule has 24 nitrogen and oxygen atoms in total. The Bertz CT molecular complexity index is 3520. The van der Waals surface area contributed by atoms with Crippen LogP contribution in [0.25, 0.3) is 11.3 Å². The lowest BCUT2D eigenvalue weighted by Gasteiger charge is -2.47. The average Bonchev–Trinajstić information content (AvgIpc) is 0.770. The number of esters is 1. The predicted octanol–water partition coefficient (Wildman–Crippen LogP) is 9.09. The summed E-state index contributed by atoms with van der Waals surface area (Å²) in [5, 5.41) is 55.3. The third-order valence-corrected chi connectivity index (χ3v) is 21.5. The number of piperidine rings is 1. The summed E-state index contributed by atoms with van der Waals surface area (Å²) in [7, 11) is 5.70. The smallest absolute Gasteiger partial charge is 0.407 e. The van der Waals surface area contributed by atoms with E-state index in [9.17, 15) is 49.2 Å². The summed E-state index contributed by atoms with van der Waals surface area (Å²) in [5.74, 6) is -11.8. The van der Waals surface area contributed by atoms with Crippen LogP contribution in [0.15, 0.2) is 114 Å². The van der Waals surface area contributed by atoms with Crippen molar-refractivity contribution < 1.29 is 87.2 Å². The fourth-order valence-corrected chi connectivity index (χ4v) is 15.2. The van der Waals surface area contributed by atoms with Crippen LogP contribution >= 0.6 is 0 Å². The van der Waals surface area contributed by atoms with Crippen molar-refractivity contribution >= 4 is 47.1 Å². The Morgan fingerprint density at radius 1 is 0.783 bits per heavy atom. The van der Waals surface area contributed by atoms with Crippen LogP contribution in [0.2, 0.25) is 0 Å². The van der Waals surface area contributed by atoms with Crippen molar-refractivity contribution in [3.8, 4) is 11.3 Å². The van der Waals surface area contributed by atoms with Gasteiger partial charge in [0.25, 0.3) is 17.6 Å². The number of rotatable bonds is 23. The quantitative estimate of drug-likeness (QED) is 0.0153. The number of aromatic nitrogens is 1. The fraction of sp³-hybridized carbons (Fsp3) is 0.622. The number of aliphatic hydroxyl groups is 4. The summed E-state index contributed by atoms with van der Waals surface area (Å²) in [6.45, 7) is 19.6. The molecule has 1 aromatic heterocycles. The molecule has 0 spiro atoms. The van der Waals surface area contributed by atoms with Crippen molar-refractivity contribution in [2.75, 3.05) is 41.5 Å².